The van der Waals surface area contributed by atoms with Crippen LogP contribution in [0.25, 0.3) is 11.0 Å². The summed E-state index contributed by atoms with van der Waals surface area (Å²) in [5.41, 5.74) is 1.94. The second kappa shape index (κ2) is 5.19. The molecule has 0 spiro atoms. The average molecular weight is 307 g/mol. The van der Waals surface area contributed by atoms with Crippen molar-refractivity contribution in [1.82, 2.24) is 0 Å². The lowest BCUT2D eigenvalue weighted by molar-refractivity contribution is -0.122. The number of carbonyl (C=O) groups is 1. The third-order valence-electron chi connectivity index (χ3n) is 3.90. The first-order valence-corrected chi connectivity index (χ1v) is 7.30. The normalized spacial score (nSPS) is 15.0. The molecule has 0 radical (unpaired) electrons. The van der Waals surface area contributed by atoms with Gasteiger partial charge in [0.15, 0.2) is 11.9 Å². The minimum absolute atomic E-state index is 0.0958. The first-order valence-electron chi connectivity index (χ1n) is 6.92. The van der Waals surface area contributed by atoms with E-state index in [0.717, 1.165) is 35.8 Å². The molecule has 0 bridgehead atoms. The van der Waals surface area contributed by atoms with Crippen molar-refractivity contribution in [3.63, 3.8) is 0 Å². The number of ketones is 1. The monoisotopic (exact) mass is 306 g/mol. The maximum absolute atomic E-state index is 12.0. The minimum atomic E-state index is -0.596. The molecule has 0 amide bonds. The predicted octanol–water partition coefficient (Wildman–Crippen LogP) is 3.29. The molecule has 1 heterocycles. The maximum atomic E-state index is 12.0. The van der Waals surface area contributed by atoms with Gasteiger partial charge in [-0.1, -0.05) is 11.6 Å². The highest BCUT2D eigenvalue weighted by Gasteiger charge is 2.21. The van der Waals surface area contributed by atoms with Crippen molar-refractivity contribution < 1.29 is 13.9 Å². The Hall–Kier alpha value is -1.81. The van der Waals surface area contributed by atoms with Crippen LogP contribution in [0.5, 0.6) is 5.75 Å². The lowest BCUT2D eigenvalue weighted by Gasteiger charge is -2.14. The van der Waals surface area contributed by atoms with Crippen molar-refractivity contribution in [2.75, 3.05) is 0 Å². The van der Waals surface area contributed by atoms with E-state index in [1.165, 1.54) is 6.92 Å². The van der Waals surface area contributed by atoms with E-state index in [1.807, 2.05) is 0 Å². The highest BCUT2D eigenvalue weighted by atomic mass is 35.5. The highest BCUT2D eigenvalue weighted by Crippen LogP contribution is 2.35. The molecule has 2 aromatic rings. The van der Waals surface area contributed by atoms with E-state index in [1.54, 1.807) is 19.1 Å². The lowest BCUT2D eigenvalue weighted by atomic mass is 10.1. The van der Waals surface area contributed by atoms with Crippen LogP contribution in [-0.2, 0) is 17.6 Å². The third-order valence-corrected chi connectivity index (χ3v) is 4.20. The van der Waals surface area contributed by atoms with Crippen molar-refractivity contribution >= 4 is 28.4 Å². The number of aryl methyl sites for hydroxylation is 1. The lowest BCUT2D eigenvalue weighted by Crippen LogP contribution is -2.20. The summed E-state index contributed by atoms with van der Waals surface area (Å²) in [6.45, 7) is 3.11. The molecule has 1 aliphatic rings. The molecule has 110 valence electrons. The summed E-state index contributed by atoms with van der Waals surface area (Å²) < 4.78 is 10.9. The fourth-order valence-corrected chi connectivity index (χ4v) is 2.85. The Morgan fingerprint density at radius 1 is 1.33 bits per heavy atom. The summed E-state index contributed by atoms with van der Waals surface area (Å²) in [7, 11) is 0. The molecule has 0 aliphatic heterocycles. The molecule has 0 saturated heterocycles. The Labute approximate surface area is 126 Å². The van der Waals surface area contributed by atoms with Crippen LogP contribution < -0.4 is 10.4 Å². The predicted molar refractivity (Wildman–Crippen MR) is 80.3 cm³/mol. The van der Waals surface area contributed by atoms with Gasteiger partial charge in [-0.25, -0.2) is 4.79 Å². The topological polar surface area (TPSA) is 56.5 Å². The highest BCUT2D eigenvalue weighted by molar-refractivity contribution is 6.32. The summed E-state index contributed by atoms with van der Waals surface area (Å²) in [4.78, 5) is 23.2. The van der Waals surface area contributed by atoms with Crippen LogP contribution in [0.3, 0.4) is 0 Å². The van der Waals surface area contributed by atoms with Crippen LogP contribution in [0.1, 0.15) is 31.4 Å². The minimum Gasteiger partial charge on any atom is -0.481 e. The molecule has 5 heteroatoms. The average Bonchev–Trinajstić information content (AvgIpc) is 2.91. The van der Waals surface area contributed by atoms with Crippen LogP contribution in [-0.4, -0.2) is 11.9 Å². The molecule has 0 N–H and O–H groups in total. The van der Waals surface area contributed by atoms with Crippen molar-refractivity contribution in [1.29, 1.82) is 0 Å². The van der Waals surface area contributed by atoms with Gasteiger partial charge in [0.05, 0.1) is 5.02 Å². The Morgan fingerprint density at radius 2 is 2.05 bits per heavy atom. The zero-order valence-corrected chi connectivity index (χ0v) is 12.6. The molecule has 1 aliphatic carbocycles. The quantitative estimate of drug-likeness (QED) is 0.817. The SMILES string of the molecule is CC(=O)[C@@H](C)Oc1cc2oc(=O)c3c(c2cc1Cl)CCC3. The molecule has 1 aromatic carbocycles. The van der Waals surface area contributed by atoms with Gasteiger partial charge in [-0.15, -0.1) is 0 Å². The van der Waals surface area contributed by atoms with E-state index in [9.17, 15) is 9.59 Å². The van der Waals surface area contributed by atoms with Crippen LogP contribution in [0.4, 0.5) is 0 Å². The third kappa shape index (κ3) is 2.44. The largest absolute Gasteiger partial charge is 0.481 e. The smallest absolute Gasteiger partial charge is 0.339 e. The summed E-state index contributed by atoms with van der Waals surface area (Å²) >= 11 is 6.24. The van der Waals surface area contributed by atoms with Crippen molar-refractivity contribution in [2.45, 2.75) is 39.2 Å². The summed E-state index contributed by atoms with van der Waals surface area (Å²) in [6, 6.07) is 3.35. The zero-order valence-electron chi connectivity index (χ0n) is 11.9. The van der Waals surface area contributed by atoms with Gasteiger partial charge >= 0.3 is 5.63 Å². The Bertz CT molecular complexity index is 791. The van der Waals surface area contributed by atoms with Gasteiger partial charge in [-0.2, -0.15) is 0 Å². The molecule has 0 saturated carbocycles. The van der Waals surface area contributed by atoms with E-state index in [0.29, 0.717) is 16.4 Å². The molecule has 1 aromatic heterocycles. The van der Waals surface area contributed by atoms with E-state index < -0.39 is 6.10 Å². The molecule has 0 unspecified atom stereocenters. The number of fused-ring (bicyclic) bond motifs is 3. The van der Waals surface area contributed by atoms with E-state index in [2.05, 4.69) is 0 Å². The number of halogens is 1. The molecule has 4 nitrogen and oxygen atoms in total. The summed E-state index contributed by atoms with van der Waals surface area (Å²) in [5, 5.41) is 1.27. The van der Waals surface area contributed by atoms with Gasteiger partial charge in [-0.3, -0.25) is 4.79 Å². The number of rotatable bonds is 3. The maximum Gasteiger partial charge on any atom is 0.339 e. The van der Waals surface area contributed by atoms with Gasteiger partial charge in [-0.05, 0) is 44.7 Å². The number of carbonyl (C=O) groups excluding carboxylic acids is 1. The standard InChI is InChI=1S/C16H15ClO4/c1-8(18)9(2)20-15-7-14-12(6-13(15)17)10-4-3-5-11(10)16(19)21-14/h6-7,9H,3-5H2,1-2H3/t9-/m1/s1. The second-order valence-electron chi connectivity index (χ2n) is 5.35. The van der Waals surface area contributed by atoms with Gasteiger partial charge in [0, 0.05) is 17.0 Å². The van der Waals surface area contributed by atoms with Gasteiger partial charge in [0.2, 0.25) is 0 Å². The van der Waals surface area contributed by atoms with E-state index in [-0.39, 0.29) is 11.4 Å². The van der Waals surface area contributed by atoms with Gasteiger partial charge < -0.3 is 9.15 Å². The fourth-order valence-electron chi connectivity index (χ4n) is 2.65. The number of hydrogen-bond donors (Lipinski definition) is 0. The molecule has 3 rings (SSSR count). The first kappa shape index (κ1) is 14.1. The second-order valence-corrected chi connectivity index (χ2v) is 5.76. The van der Waals surface area contributed by atoms with E-state index in [4.69, 9.17) is 20.8 Å². The van der Waals surface area contributed by atoms with Crippen molar-refractivity contribution in [2.24, 2.45) is 0 Å². The Kier molecular flexibility index (Phi) is 3.49. The summed E-state index contributed by atoms with van der Waals surface area (Å²) in [5.74, 6) is 0.259. The van der Waals surface area contributed by atoms with Crippen LogP contribution in [0.15, 0.2) is 21.3 Å². The van der Waals surface area contributed by atoms with Crippen LogP contribution in [0, 0.1) is 0 Å². The number of benzene rings is 1. The van der Waals surface area contributed by atoms with Crippen LogP contribution >= 0.6 is 11.6 Å². The first-order chi connectivity index (χ1) is 9.97. The molecular weight excluding hydrogens is 292 g/mol. The van der Waals surface area contributed by atoms with Gasteiger partial charge in [0.25, 0.3) is 0 Å². The van der Waals surface area contributed by atoms with Gasteiger partial charge in [0.1, 0.15) is 11.3 Å². The van der Waals surface area contributed by atoms with Crippen LogP contribution in [0.2, 0.25) is 5.02 Å². The van der Waals surface area contributed by atoms with Crippen molar-refractivity contribution in [3.8, 4) is 5.75 Å². The zero-order chi connectivity index (χ0) is 15.1. The summed E-state index contributed by atoms with van der Waals surface area (Å²) in [6.07, 6.45) is 1.97. The fraction of sp³-hybridized carbons (Fsp3) is 0.375. The number of hydrogen-bond acceptors (Lipinski definition) is 4. The molecule has 0 fully saturated rings. The Balaban J connectivity index is 2.14. The van der Waals surface area contributed by atoms with E-state index >= 15 is 0 Å². The number of Topliss-reactive ketones (excluding diaryl/α,β-unsaturated/α-hetero) is 1. The Morgan fingerprint density at radius 3 is 2.76 bits per heavy atom. The number of ether oxygens (including phenoxy) is 1. The molecular formula is C16H15ClO4. The van der Waals surface area contributed by atoms with Crippen molar-refractivity contribution in [3.05, 3.63) is 38.7 Å². The molecule has 1 atom stereocenters. The molecule has 21 heavy (non-hydrogen) atoms.